The number of anilines is 1. The first-order valence-electron chi connectivity index (χ1n) is 6.39. The molecule has 1 heterocycles. The average molecular weight is 247 g/mol. The fraction of sp³-hybridized carbons (Fsp3) is 0.500. The molecule has 0 aliphatic heterocycles. The van der Waals surface area contributed by atoms with Crippen LogP contribution >= 0.6 is 0 Å². The lowest BCUT2D eigenvalue weighted by Crippen LogP contribution is -2.14. The Kier molecular flexibility index (Phi) is 3.57. The number of rotatable bonds is 4. The van der Waals surface area contributed by atoms with Crippen molar-refractivity contribution in [3.8, 4) is 0 Å². The van der Waals surface area contributed by atoms with Crippen molar-refractivity contribution in [2.45, 2.75) is 33.2 Å². The van der Waals surface area contributed by atoms with Crippen molar-refractivity contribution in [2.75, 3.05) is 12.3 Å². The molecule has 0 spiro atoms. The van der Waals surface area contributed by atoms with Crippen molar-refractivity contribution < 1.29 is 5.11 Å². The van der Waals surface area contributed by atoms with Gasteiger partial charge in [0.1, 0.15) is 5.82 Å². The van der Waals surface area contributed by atoms with Gasteiger partial charge in [-0.25, -0.2) is 4.98 Å². The normalized spacial score (nSPS) is 13.4. The second kappa shape index (κ2) is 4.98. The largest absolute Gasteiger partial charge is 0.399 e. The molecule has 4 heteroatoms. The lowest BCUT2D eigenvalue weighted by molar-refractivity contribution is 0.222. The van der Waals surface area contributed by atoms with E-state index in [-0.39, 0.29) is 12.5 Å². The van der Waals surface area contributed by atoms with Crippen LogP contribution < -0.4 is 5.73 Å². The summed E-state index contributed by atoms with van der Waals surface area (Å²) >= 11 is 0. The van der Waals surface area contributed by atoms with Gasteiger partial charge in [0.15, 0.2) is 0 Å². The summed E-state index contributed by atoms with van der Waals surface area (Å²) in [5.41, 5.74) is 8.56. The topological polar surface area (TPSA) is 64.1 Å². The SMILES string of the molecule is CC(CO)Cn1c(C(C)C)nc2cc(N)ccc21. The van der Waals surface area contributed by atoms with Crippen molar-refractivity contribution >= 4 is 16.7 Å². The molecular formula is C14H21N3O. The Morgan fingerprint density at radius 1 is 1.33 bits per heavy atom. The predicted octanol–water partition coefficient (Wildman–Crippen LogP) is 2.37. The number of fused-ring (bicyclic) bond motifs is 1. The highest BCUT2D eigenvalue weighted by molar-refractivity contribution is 5.79. The molecule has 1 aromatic heterocycles. The molecule has 2 aromatic rings. The van der Waals surface area contributed by atoms with E-state index in [1.165, 1.54) is 0 Å². The minimum Gasteiger partial charge on any atom is -0.399 e. The van der Waals surface area contributed by atoms with Gasteiger partial charge in [-0.15, -0.1) is 0 Å². The summed E-state index contributed by atoms with van der Waals surface area (Å²) in [6, 6.07) is 5.81. The standard InChI is InChI=1S/C14H21N3O/c1-9(2)14-16-12-6-11(15)4-5-13(12)17(14)7-10(3)8-18/h4-6,9-10,18H,7-8,15H2,1-3H3. The number of hydrogen-bond acceptors (Lipinski definition) is 3. The van der Waals surface area contributed by atoms with Gasteiger partial charge in [-0.3, -0.25) is 0 Å². The first kappa shape index (κ1) is 12.9. The van der Waals surface area contributed by atoms with Crippen LogP contribution in [0.4, 0.5) is 5.69 Å². The maximum absolute atomic E-state index is 9.23. The first-order chi connectivity index (χ1) is 8.52. The number of aliphatic hydroxyl groups excluding tert-OH is 1. The third-order valence-electron chi connectivity index (χ3n) is 3.12. The average Bonchev–Trinajstić information content (AvgIpc) is 2.67. The van der Waals surface area contributed by atoms with E-state index < -0.39 is 0 Å². The lowest BCUT2D eigenvalue weighted by atomic mass is 10.1. The fourth-order valence-electron chi connectivity index (χ4n) is 2.17. The molecule has 0 fully saturated rings. The Hall–Kier alpha value is -1.55. The molecule has 4 nitrogen and oxygen atoms in total. The molecule has 0 saturated carbocycles. The summed E-state index contributed by atoms with van der Waals surface area (Å²) in [5, 5.41) is 9.23. The zero-order valence-corrected chi connectivity index (χ0v) is 11.2. The Balaban J connectivity index is 2.55. The smallest absolute Gasteiger partial charge is 0.112 e. The van der Waals surface area contributed by atoms with E-state index in [1.807, 2.05) is 25.1 Å². The molecule has 1 aromatic carbocycles. The highest BCUT2D eigenvalue weighted by Crippen LogP contribution is 2.24. The van der Waals surface area contributed by atoms with Gasteiger partial charge in [-0.2, -0.15) is 0 Å². The van der Waals surface area contributed by atoms with E-state index >= 15 is 0 Å². The van der Waals surface area contributed by atoms with Crippen LogP contribution in [0.2, 0.25) is 0 Å². The number of hydrogen-bond donors (Lipinski definition) is 2. The molecule has 0 aliphatic rings. The van der Waals surface area contributed by atoms with Gasteiger partial charge >= 0.3 is 0 Å². The van der Waals surface area contributed by atoms with Crippen LogP contribution in [-0.4, -0.2) is 21.3 Å². The number of aromatic nitrogens is 2. The van der Waals surface area contributed by atoms with Gasteiger partial charge in [0.05, 0.1) is 11.0 Å². The number of aliphatic hydroxyl groups is 1. The molecule has 0 saturated heterocycles. The second-order valence-electron chi connectivity index (χ2n) is 5.27. The zero-order valence-electron chi connectivity index (χ0n) is 11.2. The Morgan fingerprint density at radius 3 is 2.67 bits per heavy atom. The van der Waals surface area contributed by atoms with Crippen molar-refractivity contribution in [3.63, 3.8) is 0 Å². The van der Waals surface area contributed by atoms with Crippen molar-refractivity contribution in [1.82, 2.24) is 9.55 Å². The molecule has 1 unspecified atom stereocenters. The molecule has 3 N–H and O–H groups in total. The Morgan fingerprint density at radius 2 is 2.06 bits per heavy atom. The minimum absolute atomic E-state index is 0.187. The fourth-order valence-corrected chi connectivity index (χ4v) is 2.17. The van der Waals surface area contributed by atoms with Crippen LogP contribution in [0.25, 0.3) is 11.0 Å². The van der Waals surface area contributed by atoms with Crippen LogP contribution in [0.5, 0.6) is 0 Å². The molecule has 0 radical (unpaired) electrons. The van der Waals surface area contributed by atoms with E-state index in [0.717, 1.165) is 29.1 Å². The summed E-state index contributed by atoms with van der Waals surface area (Å²) in [6.45, 7) is 7.26. The molecule has 2 rings (SSSR count). The van der Waals surface area contributed by atoms with Gasteiger partial charge in [-0.05, 0) is 24.1 Å². The Labute approximate surface area is 107 Å². The van der Waals surface area contributed by atoms with E-state index in [0.29, 0.717) is 5.92 Å². The molecular weight excluding hydrogens is 226 g/mol. The highest BCUT2D eigenvalue weighted by Gasteiger charge is 2.15. The van der Waals surface area contributed by atoms with Crippen LogP contribution in [0.15, 0.2) is 18.2 Å². The quantitative estimate of drug-likeness (QED) is 0.815. The monoisotopic (exact) mass is 247 g/mol. The summed E-state index contributed by atoms with van der Waals surface area (Å²) in [6.07, 6.45) is 0. The van der Waals surface area contributed by atoms with Gasteiger partial charge in [0.2, 0.25) is 0 Å². The van der Waals surface area contributed by atoms with Gasteiger partial charge in [0, 0.05) is 24.8 Å². The van der Waals surface area contributed by atoms with E-state index in [1.54, 1.807) is 0 Å². The summed E-state index contributed by atoms with van der Waals surface area (Å²) in [4.78, 5) is 4.66. The van der Waals surface area contributed by atoms with Gasteiger partial charge in [0.25, 0.3) is 0 Å². The highest BCUT2D eigenvalue weighted by atomic mass is 16.3. The third kappa shape index (κ3) is 2.34. The number of nitrogens with zero attached hydrogens (tertiary/aromatic N) is 2. The molecule has 1 atom stereocenters. The lowest BCUT2D eigenvalue weighted by Gasteiger charge is -2.15. The van der Waals surface area contributed by atoms with Crippen LogP contribution in [0.3, 0.4) is 0 Å². The van der Waals surface area contributed by atoms with Crippen LogP contribution in [0, 0.1) is 5.92 Å². The van der Waals surface area contributed by atoms with E-state index in [2.05, 4.69) is 23.4 Å². The number of nitrogens with two attached hydrogens (primary N) is 1. The summed E-state index contributed by atoms with van der Waals surface area (Å²) in [5.74, 6) is 1.62. The summed E-state index contributed by atoms with van der Waals surface area (Å²) in [7, 11) is 0. The second-order valence-corrected chi connectivity index (χ2v) is 5.27. The number of nitrogen functional groups attached to an aromatic ring is 1. The third-order valence-corrected chi connectivity index (χ3v) is 3.12. The maximum Gasteiger partial charge on any atom is 0.112 e. The van der Waals surface area contributed by atoms with Crippen molar-refractivity contribution in [1.29, 1.82) is 0 Å². The number of benzene rings is 1. The molecule has 0 aliphatic carbocycles. The van der Waals surface area contributed by atoms with Gasteiger partial charge in [-0.1, -0.05) is 20.8 Å². The predicted molar refractivity (Wildman–Crippen MR) is 74.5 cm³/mol. The van der Waals surface area contributed by atoms with Crippen molar-refractivity contribution in [2.24, 2.45) is 5.92 Å². The summed E-state index contributed by atoms with van der Waals surface area (Å²) < 4.78 is 2.19. The molecule has 18 heavy (non-hydrogen) atoms. The number of imidazole rings is 1. The molecule has 98 valence electrons. The van der Waals surface area contributed by atoms with Crippen molar-refractivity contribution in [3.05, 3.63) is 24.0 Å². The van der Waals surface area contributed by atoms with E-state index in [4.69, 9.17) is 5.73 Å². The minimum atomic E-state index is 0.187. The van der Waals surface area contributed by atoms with Crippen LogP contribution in [-0.2, 0) is 6.54 Å². The molecule has 0 amide bonds. The Bertz CT molecular complexity index is 545. The van der Waals surface area contributed by atoms with E-state index in [9.17, 15) is 5.11 Å². The molecule has 0 bridgehead atoms. The van der Waals surface area contributed by atoms with Crippen LogP contribution in [0.1, 0.15) is 32.5 Å². The van der Waals surface area contributed by atoms with Gasteiger partial charge < -0.3 is 15.4 Å². The first-order valence-corrected chi connectivity index (χ1v) is 6.39. The maximum atomic E-state index is 9.23. The zero-order chi connectivity index (χ0) is 13.3.